The molecule has 0 atom stereocenters. The first-order valence-corrected chi connectivity index (χ1v) is 1.90. The van der Waals surface area contributed by atoms with E-state index in [2.05, 4.69) is 4.74 Å². The average Bonchev–Trinajstić information content (AvgIpc) is 1.35. The van der Waals surface area contributed by atoms with Crippen LogP contribution in [-0.4, -0.2) is 12.6 Å². The van der Waals surface area contributed by atoms with Crippen molar-refractivity contribution in [3.63, 3.8) is 0 Å². The van der Waals surface area contributed by atoms with E-state index >= 15 is 0 Å². The first-order valence-electron chi connectivity index (χ1n) is 1.90. The zero-order valence-corrected chi connectivity index (χ0v) is 8.92. The Kier molecular flexibility index (Phi) is 70.4. The van der Waals surface area contributed by atoms with Gasteiger partial charge in [-0.2, -0.15) is 0 Å². The van der Waals surface area contributed by atoms with Crippen molar-refractivity contribution in [2.75, 3.05) is 6.61 Å². The summed E-state index contributed by atoms with van der Waals surface area (Å²) in [6.07, 6.45) is 0. The van der Waals surface area contributed by atoms with Crippen LogP contribution in [0, 0.1) is 0 Å². The fourth-order valence-corrected chi connectivity index (χ4v) is 0.203. The van der Waals surface area contributed by atoms with Crippen LogP contribution in [-0.2, 0) is 9.53 Å². The highest BCUT2D eigenvalue weighted by atomic mass is 35.5. The Labute approximate surface area is 85.7 Å². The monoisotopic (exact) mass is 232 g/mol. The third-order valence-electron chi connectivity index (χ3n) is 0.348. The maximum absolute atomic E-state index is 9.82. The molecule has 0 aromatic carbocycles. The fourth-order valence-electron chi connectivity index (χ4n) is 0.203. The van der Waals surface area contributed by atoms with E-state index in [1.54, 1.807) is 6.92 Å². The lowest BCUT2D eigenvalue weighted by molar-refractivity contribution is -0.140. The Hall–Kier alpha value is 0.630. The van der Waals surface area contributed by atoms with Gasteiger partial charge in [-0.1, -0.05) is 0 Å². The van der Waals surface area contributed by atoms with Gasteiger partial charge in [0.05, 0.1) is 6.61 Å². The summed E-state index contributed by atoms with van der Waals surface area (Å²) in [6.45, 7) is 3.65. The van der Waals surface area contributed by atoms with Crippen molar-refractivity contribution in [1.82, 2.24) is 0 Å². The van der Waals surface area contributed by atoms with E-state index in [1.807, 2.05) is 0 Å². The minimum atomic E-state index is -0.211. The molecule has 10 heavy (non-hydrogen) atoms. The van der Waals surface area contributed by atoms with Gasteiger partial charge < -0.3 is 4.74 Å². The highest BCUT2D eigenvalue weighted by Crippen LogP contribution is 1.69. The van der Waals surface area contributed by atoms with Gasteiger partial charge in [-0.25, -0.2) is 0 Å². The lowest BCUT2D eigenvalue weighted by Crippen LogP contribution is -1.95. The lowest BCUT2D eigenvalue weighted by Gasteiger charge is -1.89. The molecule has 0 aromatic heterocycles. The summed E-state index contributed by atoms with van der Waals surface area (Å²) < 4.78 is 4.40. The van der Waals surface area contributed by atoms with Gasteiger partial charge in [-0.15, -0.1) is 49.6 Å². The number of carbonyl (C=O) groups excluding carboxylic acids is 1. The lowest BCUT2D eigenvalue weighted by atomic mass is 10.8. The molecule has 0 unspecified atom stereocenters. The summed E-state index contributed by atoms with van der Waals surface area (Å²) >= 11 is 0. The topological polar surface area (TPSA) is 26.3 Å². The van der Waals surface area contributed by atoms with Gasteiger partial charge in [0.2, 0.25) is 0 Å². The molecule has 0 aliphatic rings. The van der Waals surface area contributed by atoms with Crippen LogP contribution in [0.4, 0.5) is 0 Å². The number of hydrogen-bond donors (Lipinski definition) is 0. The van der Waals surface area contributed by atoms with Gasteiger partial charge in [0.15, 0.2) is 0 Å². The van der Waals surface area contributed by atoms with Crippen molar-refractivity contribution in [3.05, 3.63) is 0 Å². The maximum Gasteiger partial charge on any atom is 0.302 e. The summed E-state index contributed by atoms with van der Waals surface area (Å²) in [5, 5.41) is 0. The molecule has 0 N–H and O–H groups in total. The molecule has 0 aliphatic heterocycles. The second kappa shape index (κ2) is 22.6. The summed E-state index contributed by atoms with van der Waals surface area (Å²) in [6, 6.07) is 0. The standard InChI is InChI=1S/C4H8O2.4ClH/c1-3-6-4(2)5;;;;/h3H2,1-2H3;4*1H. The Morgan fingerprint density at radius 2 is 1.50 bits per heavy atom. The molecule has 0 amide bonds. The van der Waals surface area contributed by atoms with Gasteiger partial charge in [-0.3, -0.25) is 4.79 Å². The molecule has 0 aliphatic carbocycles. The number of hydrogen-bond acceptors (Lipinski definition) is 2. The van der Waals surface area contributed by atoms with Crippen molar-refractivity contribution < 1.29 is 9.53 Å². The smallest absolute Gasteiger partial charge is 0.302 e. The third kappa shape index (κ3) is 38.1. The van der Waals surface area contributed by atoms with E-state index < -0.39 is 0 Å². The zero-order valence-electron chi connectivity index (χ0n) is 5.66. The normalized spacial score (nSPS) is 4.60. The second-order valence-corrected chi connectivity index (χ2v) is 0.925. The minimum Gasteiger partial charge on any atom is -0.466 e. The number of halogens is 4. The Balaban J connectivity index is -0.0000000208. The Bertz CT molecular complexity index is 59.2. The SMILES string of the molecule is CCOC(C)=O.Cl.Cl.Cl.Cl. The molecule has 0 saturated heterocycles. The number of carbonyl (C=O) groups is 1. The van der Waals surface area contributed by atoms with E-state index in [4.69, 9.17) is 0 Å². The summed E-state index contributed by atoms with van der Waals surface area (Å²) in [4.78, 5) is 9.82. The molecule has 2 nitrogen and oxygen atoms in total. The van der Waals surface area contributed by atoms with E-state index in [-0.39, 0.29) is 55.6 Å². The van der Waals surface area contributed by atoms with Crippen LogP contribution in [0.15, 0.2) is 0 Å². The molecular weight excluding hydrogens is 222 g/mol. The van der Waals surface area contributed by atoms with Crippen molar-refractivity contribution in [1.29, 1.82) is 0 Å². The Morgan fingerprint density at radius 1 is 1.20 bits per heavy atom. The van der Waals surface area contributed by atoms with Crippen LogP contribution < -0.4 is 0 Å². The molecule has 0 spiro atoms. The summed E-state index contributed by atoms with van der Waals surface area (Å²) in [5.41, 5.74) is 0. The molecule has 0 heterocycles. The molecule has 0 fully saturated rings. The maximum atomic E-state index is 9.82. The number of esters is 1. The quantitative estimate of drug-likeness (QED) is 0.650. The van der Waals surface area contributed by atoms with Crippen molar-refractivity contribution in [3.8, 4) is 0 Å². The van der Waals surface area contributed by atoms with Crippen LogP contribution in [0.5, 0.6) is 0 Å². The van der Waals surface area contributed by atoms with Crippen LogP contribution in [0.3, 0.4) is 0 Å². The average molecular weight is 234 g/mol. The molecular formula is C4H12Cl4O2. The van der Waals surface area contributed by atoms with E-state index in [0.29, 0.717) is 6.61 Å². The zero-order chi connectivity index (χ0) is 4.99. The van der Waals surface area contributed by atoms with Gasteiger partial charge >= 0.3 is 5.97 Å². The van der Waals surface area contributed by atoms with E-state index in [1.165, 1.54) is 6.92 Å². The highest BCUT2D eigenvalue weighted by molar-refractivity contribution is 5.86. The molecule has 0 rings (SSSR count). The van der Waals surface area contributed by atoms with Crippen LogP contribution in [0.1, 0.15) is 13.8 Å². The summed E-state index contributed by atoms with van der Waals surface area (Å²) in [5.74, 6) is -0.211. The molecule has 6 heteroatoms. The molecule has 0 radical (unpaired) electrons. The van der Waals surface area contributed by atoms with Crippen LogP contribution in [0.2, 0.25) is 0 Å². The van der Waals surface area contributed by atoms with Gasteiger partial charge in [0.1, 0.15) is 0 Å². The van der Waals surface area contributed by atoms with E-state index in [0.717, 1.165) is 0 Å². The van der Waals surface area contributed by atoms with Gasteiger partial charge in [0, 0.05) is 6.92 Å². The number of rotatable bonds is 1. The molecule has 0 bridgehead atoms. The Morgan fingerprint density at radius 3 is 1.50 bits per heavy atom. The van der Waals surface area contributed by atoms with E-state index in [9.17, 15) is 4.79 Å². The first-order chi connectivity index (χ1) is 2.77. The van der Waals surface area contributed by atoms with Crippen LogP contribution >= 0.6 is 49.6 Å². The predicted molar refractivity (Wildman–Crippen MR) is 51.3 cm³/mol. The van der Waals surface area contributed by atoms with Gasteiger partial charge in [0.25, 0.3) is 0 Å². The van der Waals surface area contributed by atoms with Crippen molar-refractivity contribution >= 4 is 55.6 Å². The van der Waals surface area contributed by atoms with Gasteiger partial charge in [-0.05, 0) is 6.92 Å². The number of ether oxygens (including phenoxy) is 1. The predicted octanol–water partition coefficient (Wildman–Crippen LogP) is 2.26. The van der Waals surface area contributed by atoms with Crippen molar-refractivity contribution in [2.45, 2.75) is 13.8 Å². The summed E-state index contributed by atoms with van der Waals surface area (Å²) in [7, 11) is 0. The minimum absolute atomic E-state index is 0. The fraction of sp³-hybridized carbons (Fsp3) is 0.750. The first kappa shape index (κ1) is 31.1. The highest BCUT2D eigenvalue weighted by Gasteiger charge is 1.81. The third-order valence-corrected chi connectivity index (χ3v) is 0.348. The van der Waals surface area contributed by atoms with Crippen LogP contribution in [0.25, 0.3) is 0 Å². The molecule has 0 aromatic rings. The second-order valence-electron chi connectivity index (χ2n) is 0.925. The van der Waals surface area contributed by atoms with Crippen molar-refractivity contribution in [2.24, 2.45) is 0 Å². The largest absolute Gasteiger partial charge is 0.466 e. The molecule has 68 valence electrons. The molecule has 0 saturated carbocycles.